The van der Waals surface area contributed by atoms with E-state index in [1.54, 1.807) is 6.07 Å². The van der Waals surface area contributed by atoms with E-state index in [0.717, 1.165) is 13.0 Å². The molecule has 13 nitrogen and oxygen atoms in total. The molecule has 0 spiro atoms. The van der Waals surface area contributed by atoms with Gasteiger partial charge >= 0.3 is 12.1 Å². The van der Waals surface area contributed by atoms with Crippen molar-refractivity contribution in [3.8, 4) is 0 Å². The number of benzene rings is 1. The number of ether oxygens (including phenoxy) is 1. The first kappa shape index (κ1) is 35.9. The van der Waals surface area contributed by atoms with Gasteiger partial charge in [-0.1, -0.05) is 11.6 Å². The standard InChI is InChI=1S/C23H31ClFN9O2.C3H3F3O2/c1-5-33-15-10-13(22(35)28-8-7-9-32(3)4)14(25)11-16(15)34(6-2)17(33)12-29-23(36)18-20(26)31-21(27)19(24)30-18;1-8-2(7)3(4,5)6/h10-11H,5-9,12H2,1-4H3,(H5-,26,27,28,29,31,35,36);1H3/p+1. The van der Waals surface area contributed by atoms with Crippen LogP contribution in [0.4, 0.5) is 29.2 Å². The summed E-state index contributed by atoms with van der Waals surface area (Å²) in [5, 5.41) is 5.43. The molecule has 0 aliphatic rings. The summed E-state index contributed by atoms with van der Waals surface area (Å²) in [4.78, 5) is 44.7. The summed E-state index contributed by atoms with van der Waals surface area (Å²) in [6.45, 7) is 6.23. The van der Waals surface area contributed by atoms with Gasteiger partial charge in [0.05, 0.1) is 25.8 Å². The Hall–Kier alpha value is -4.25. The van der Waals surface area contributed by atoms with E-state index in [1.807, 2.05) is 42.0 Å². The van der Waals surface area contributed by atoms with Crippen LogP contribution in [0.1, 0.15) is 46.9 Å². The van der Waals surface area contributed by atoms with E-state index < -0.39 is 29.8 Å². The van der Waals surface area contributed by atoms with Crippen molar-refractivity contribution in [2.45, 2.75) is 46.1 Å². The van der Waals surface area contributed by atoms with Gasteiger partial charge in [-0.05, 0) is 40.9 Å². The summed E-state index contributed by atoms with van der Waals surface area (Å²) in [6.07, 6.45) is -4.10. The Morgan fingerprint density at radius 3 is 2.27 bits per heavy atom. The Kier molecular flexibility index (Phi) is 12.6. The highest BCUT2D eigenvalue weighted by atomic mass is 35.5. The van der Waals surface area contributed by atoms with Crippen LogP contribution in [0.5, 0.6) is 0 Å². The zero-order valence-electron chi connectivity index (χ0n) is 24.8. The van der Waals surface area contributed by atoms with Crippen LogP contribution in [0.25, 0.3) is 11.0 Å². The van der Waals surface area contributed by atoms with Gasteiger partial charge in [0.1, 0.15) is 12.4 Å². The van der Waals surface area contributed by atoms with Gasteiger partial charge in [-0.15, -0.1) is 0 Å². The number of imidazole rings is 1. The van der Waals surface area contributed by atoms with Crippen molar-refractivity contribution in [3.63, 3.8) is 0 Å². The number of carbonyl (C=O) groups is 3. The zero-order valence-corrected chi connectivity index (χ0v) is 25.6. The molecule has 0 aliphatic carbocycles. The summed E-state index contributed by atoms with van der Waals surface area (Å²) in [5.41, 5.74) is 12.5. The van der Waals surface area contributed by atoms with E-state index in [0.29, 0.717) is 43.6 Å². The molecule has 0 unspecified atom stereocenters. The molecule has 3 rings (SSSR count). The molecular formula is C26H35ClF4N9O4+. The number of aromatic nitrogens is 4. The van der Waals surface area contributed by atoms with Crippen molar-refractivity contribution in [1.29, 1.82) is 0 Å². The van der Waals surface area contributed by atoms with Crippen LogP contribution in [0.15, 0.2) is 12.1 Å². The van der Waals surface area contributed by atoms with Crippen LogP contribution < -0.4 is 26.7 Å². The molecule has 0 radical (unpaired) electrons. The number of fused-ring (bicyclic) bond motifs is 1. The SMILES string of the molecule is CCn1c(CNC(=O)c2nc(Cl)c(N)nc2N)[n+](CC)c2cc(C(=O)NCCCN(C)C)c(F)cc21.COC(=O)C(F)(F)F. The van der Waals surface area contributed by atoms with Gasteiger partial charge in [-0.25, -0.2) is 28.3 Å². The minimum absolute atomic E-state index is 0.0297. The molecular weight excluding hydrogens is 614 g/mol. The predicted octanol–water partition coefficient (Wildman–Crippen LogP) is 2.05. The minimum atomic E-state index is -4.85. The topological polar surface area (TPSA) is 174 Å². The van der Waals surface area contributed by atoms with Gasteiger partial charge in [0, 0.05) is 18.7 Å². The van der Waals surface area contributed by atoms with Gasteiger partial charge < -0.3 is 31.7 Å². The third-order valence-electron chi connectivity index (χ3n) is 6.16. The Morgan fingerprint density at radius 1 is 1.09 bits per heavy atom. The maximum Gasteiger partial charge on any atom is 0.490 e. The van der Waals surface area contributed by atoms with E-state index in [1.165, 1.54) is 6.07 Å². The van der Waals surface area contributed by atoms with Gasteiger partial charge in [0.25, 0.3) is 17.6 Å². The molecule has 3 aromatic rings. The van der Waals surface area contributed by atoms with Gasteiger partial charge in [-0.3, -0.25) is 9.59 Å². The van der Waals surface area contributed by atoms with Crippen LogP contribution >= 0.6 is 11.6 Å². The molecule has 1 aromatic carbocycles. The Morgan fingerprint density at radius 2 is 1.75 bits per heavy atom. The lowest BCUT2D eigenvalue weighted by Crippen LogP contribution is -2.40. The zero-order chi connectivity index (χ0) is 33.4. The number of nitrogens with two attached hydrogens (primary N) is 2. The van der Waals surface area contributed by atoms with E-state index in [2.05, 4.69) is 25.3 Å². The number of halogens is 5. The Balaban J connectivity index is 0.000000742. The molecule has 0 saturated heterocycles. The summed E-state index contributed by atoms with van der Waals surface area (Å²) in [5.74, 6) is -3.34. The first-order valence-electron chi connectivity index (χ1n) is 13.3. The lowest BCUT2D eigenvalue weighted by atomic mass is 10.1. The summed E-state index contributed by atoms with van der Waals surface area (Å²) in [6, 6.07) is 2.91. The number of nitrogen functional groups attached to an aromatic ring is 2. The number of methoxy groups -OCH3 is 1. The molecule has 0 atom stereocenters. The molecule has 2 aromatic heterocycles. The van der Waals surface area contributed by atoms with Crippen molar-refractivity contribution in [1.82, 2.24) is 30.1 Å². The first-order chi connectivity index (χ1) is 20.6. The van der Waals surface area contributed by atoms with E-state index in [-0.39, 0.29) is 34.6 Å². The molecule has 6 N–H and O–H groups in total. The fourth-order valence-electron chi connectivity index (χ4n) is 4.14. The van der Waals surface area contributed by atoms with Crippen LogP contribution in [0.3, 0.4) is 0 Å². The quantitative estimate of drug-likeness (QED) is 0.111. The maximum absolute atomic E-state index is 15.0. The highest BCUT2D eigenvalue weighted by Gasteiger charge is 2.40. The number of carbonyl (C=O) groups excluding carboxylic acids is 3. The average Bonchev–Trinajstić information content (AvgIpc) is 3.25. The highest BCUT2D eigenvalue weighted by molar-refractivity contribution is 6.31. The number of alkyl halides is 3. The number of nitrogens with one attached hydrogen (secondary N) is 2. The fraction of sp³-hybridized carbons (Fsp3) is 0.462. The second-order valence-corrected chi connectivity index (χ2v) is 9.80. The molecule has 44 heavy (non-hydrogen) atoms. The maximum atomic E-state index is 15.0. The molecule has 2 heterocycles. The number of nitrogens with zero attached hydrogens (tertiary/aromatic N) is 5. The number of esters is 1. The Labute approximate surface area is 255 Å². The van der Waals surface area contributed by atoms with Crippen molar-refractivity contribution < 1.29 is 41.2 Å². The monoisotopic (exact) mass is 648 g/mol. The second kappa shape index (κ2) is 15.5. The highest BCUT2D eigenvalue weighted by Crippen LogP contribution is 2.21. The third kappa shape index (κ3) is 8.89. The molecule has 0 bridgehead atoms. The number of hydrogen-bond donors (Lipinski definition) is 4. The molecule has 242 valence electrons. The smallest absolute Gasteiger partial charge is 0.462 e. The predicted molar refractivity (Wildman–Crippen MR) is 154 cm³/mol. The summed E-state index contributed by atoms with van der Waals surface area (Å²) >= 11 is 5.89. The first-order valence-corrected chi connectivity index (χ1v) is 13.6. The minimum Gasteiger partial charge on any atom is -0.462 e. The normalized spacial score (nSPS) is 11.2. The van der Waals surface area contributed by atoms with Gasteiger partial charge in [0.15, 0.2) is 33.5 Å². The number of aryl methyl sites for hydroxylation is 2. The van der Waals surface area contributed by atoms with E-state index in [9.17, 15) is 27.6 Å². The van der Waals surface area contributed by atoms with Crippen LogP contribution in [-0.4, -0.2) is 77.7 Å². The number of amides is 2. The summed E-state index contributed by atoms with van der Waals surface area (Å²) < 4.78 is 55.1. The van der Waals surface area contributed by atoms with E-state index in [4.69, 9.17) is 23.1 Å². The van der Waals surface area contributed by atoms with Crippen molar-refractivity contribution >= 4 is 52.1 Å². The van der Waals surface area contributed by atoms with Crippen molar-refractivity contribution in [2.24, 2.45) is 0 Å². The van der Waals surface area contributed by atoms with Gasteiger partial charge in [0.2, 0.25) is 0 Å². The number of rotatable bonds is 10. The molecule has 0 aliphatic heterocycles. The van der Waals surface area contributed by atoms with Crippen LogP contribution in [-0.2, 0) is 29.2 Å². The lowest BCUT2D eigenvalue weighted by Gasteiger charge is -2.10. The van der Waals surface area contributed by atoms with Crippen molar-refractivity contribution in [3.05, 3.63) is 40.2 Å². The van der Waals surface area contributed by atoms with E-state index >= 15 is 4.39 Å². The van der Waals surface area contributed by atoms with Crippen molar-refractivity contribution in [2.75, 3.05) is 45.8 Å². The molecule has 2 amide bonds. The fourth-order valence-corrected chi connectivity index (χ4v) is 4.26. The number of anilines is 2. The molecule has 18 heteroatoms. The molecule has 0 saturated carbocycles. The third-order valence-corrected chi connectivity index (χ3v) is 6.44. The Bertz CT molecular complexity index is 1510. The van der Waals surface area contributed by atoms with Gasteiger partial charge in [-0.2, -0.15) is 13.2 Å². The van der Waals surface area contributed by atoms with Crippen LogP contribution in [0.2, 0.25) is 5.15 Å². The average molecular weight is 649 g/mol. The largest absolute Gasteiger partial charge is 0.490 e. The lowest BCUT2D eigenvalue weighted by molar-refractivity contribution is -0.676. The summed E-state index contributed by atoms with van der Waals surface area (Å²) in [7, 11) is 4.57. The number of hydrogen-bond acceptors (Lipinski definition) is 9. The van der Waals surface area contributed by atoms with Crippen LogP contribution in [0, 0.1) is 5.82 Å². The second-order valence-electron chi connectivity index (χ2n) is 9.44. The molecule has 0 fully saturated rings.